The fourth-order valence-electron chi connectivity index (χ4n) is 20.4. The molecule has 28 rings (SSSR count). The van der Waals surface area contributed by atoms with Gasteiger partial charge in [-0.1, -0.05) is 413 Å². The zero-order valence-corrected chi connectivity index (χ0v) is 85.9. The molecule has 8 nitrogen and oxygen atoms in total. The lowest BCUT2D eigenvalue weighted by atomic mass is 9.90. The number of aromatic nitrogens is 6. The maximum atomic E-state index is 9.10. The van der Waals surface area contributed by atoms with Gasteiger partial charge in [-0.05, 0) is 257 Å². The molecule has 4 N–H and O–H groups in total. The van der Waals surface area contributed by atoms with Crippen LogP contribution in [0.5, 0.6) is 0 Å². The van der Waals surface area contributed by atoms with Crippen molar-refractivity contribution in [2.24, 2.45) is 0 Å². The third-order valence-electron chi connectivity index (χ3n) is 28.7. The molecule has 0 spiro atoms. The Labute approximate surface area is 883 Å². The lowest BCUT2D eigenvalue weighted by Gasteiger charge is -2.31. The highest BCUT2D eigenvalue weighted by Gasteiger charge is 2.32. The molecule has 2 radical (unpaired) electrons. The molecule has 0 amide bonds. The highest BCUT2D eigenvalue weighted by atomic mass is 79.9. The summed E-state index contributed by atoms with van der Waals surface area (Å²) in [6, 6.07) is 188. The first-order valence-corrected chi connectivity index (χ1v) is 51.9. The number of benzene rings is 22. The Bertz CT molecular complexity index is 9690. The fraction of sp³-hybridized carbons (Fsp3) is 0.0435. The van der Waals surface area contributed by atoms with Crippen molar-refractivity contribution in [3.8, 4) is 101 Å². The van der Waals surface area contributed by atoms with E-state index in [1.54, 1.807) is 27.7 Å². The van der Waals surface area contributed by atoms with Crippen molar-refractivity contribution in [1.29, 1.82) is 0 Å². The molecule has 0 bridgehead atoms. The summed E-state index contributed by atoms with van der Waals surface area (Å²) in [5.41, 5.74) is 34.9. The Balaban J connectivity index is 0.000000108. The second-order valence-electron chi connectivity index (χ2n) is 38.8. The Morgan fingerprint density at radius 2 is 0.396 bits per heavy atom. The number of para-hydroxylation sites is 6. The number of aliphatic hydroxyl groups is 2. The van der Waals surface area contributed by atoms with Gasteiger partial charge in [-0.25, -0.2) is 0 Å². The maximum absolute atomic E-state index is 9.10. The van der Waals surface area contributed by atoms with E-state index in [4.69, 9.17) is 18.1 Å². The van der Waals surface area contributed by atoms with Gasteiger partial charge in [-0.3, -0.25) is 0 Å². The van der Waals surface area contributed by atoms with E-state index >= 15 is 0 Å². The van der Waals surface area contributed by atoms with Crippen LogP contribution in [0.15, 0.2) is 537 Å². The van der Waals surface area contributed by atoms with E-state index in [0.717, 1.165) is 31.5 Å². The lowest BCUT2D eigenvalue weighted by Crippen LogP contribution is -2.44. The van der Waals surface area contributed by atoms with Gasteiger partial charge in [0.05, 0.1) is 55.3 Å². The van der Waals surface area contributed by atoms with E-state index in [-0.39, 0.29) is 0 Å². The van der Waals surface area contributed by atoms with Crippen LogP contribution in [-0.4, -0.2) is 57.5 Å². The maximum Gasteiger partial charge on any atom is 0.113 e. The predicted octanol–water partition coefficient (Wildman–Crippen LogP) is 36.6. The summed E-state index contributed by atoms with van der Waals surface area (Å²) in [4.78, 5) is 6.98. The van der Waals surface area contributed by atoms with E-state index < -0.39 is 11.2 Å². The van der Waals surface area contributed by atoms with Crippen molar-refractivity contribution in [3.63, 3.8) is 0 Å². The molecule has 0 aliphatic heterocycles. The molecule has 0 aliphatic rings. The van der Waals surface area contributed by atoms with Gasteiger partial charge in [0.15, 0.2) is 0 Å². The number of H-pyrrole nitrogens is 2. The molecular formula is C138H103BBr2N6O2. The number of aromatic amines is 2. The number of hydrogen-bond acceptors (Lipinski definition) is 2. The van der Waals surface area contributed by atoms with Crippen molar-refractivity contribution >= 4 is 176 Å². The van der Waals surface area contributed by atoms with Crippen LogP contribution < -0.4 is 5.46 Å². The van der Waals surface area contributed by atoms with Gasteiger partial charge < -0.3 is 38.4 Å². The minimum atomic E-state index is -1.01. The number of fused-ring (bicyclic) bond motifs is 18. The third kappa shape index (κ3) is 19.4. The van der Waals surface area contributed by atoms with E-state index in [2.05, 4.69) is 564 Å². The van der Waals surface area contributed by atoms with Gasteiger partial charge in [-0.2, -0.15) is 0 Å². The van der Waals surface area contributed by atoms with Crippen molar-refractivity contribution in [2.45, 2.75) is 38.9 Å². The van der Waals surface area contributed by atoms with Gasteiger partial charge in [0, 0.05) is 118 Å². The van der Waals surface area contributed by atoms with E-state index in [1.807, 2.05) is 24.3 Å². The number of nitrogens with one attached hydrogen (secondary N) is 2. The molecule has 714 valence electrons. The van der Waals surface area contributed by atoms with Gasteiger partial charge in [-0.15, -0.1) is 0 Å². The molecule has 6 heterocycles. The van der Waals surface area contributed by atoms with Crippen molar-refractivity contribution in [3.05, 3.63) is 537 Å². The number of halogens is 2. The number of nitrogens with zero attached hydrogens (tertiary/aromatic N) is 4. The van der Waals surface area contributed by atoms with Crippen molar-refractivity contribution < 1.29 is 10.2 Å². The summed E-state index contributed by atoms with van der Waals surface area (Å²) in [7, 11) is 6.04. The van der Waals surface area contributed by atoms with Crippen LogP contribution >= 0.6 is 31.9 Å². The van der Waals surface area contributed by atoms with Crippen LogP contribution in [0.3, 0.4) is 0 Å². The van der Waals surface area contributed by atoms with E-state index in [9.17, 15) is 0 Å². The monoisotopic (exact) mass is 2040 g/mol. The minimum absolute atomic E-state index is 0.792. The zero-order chi connectivity index (χ0) is 101. The Hall–Kier alpha value is -17.4. The Morgan fingerprint density at radius 1 is 0.174 bits per heavy atom. The van der Waals surface area contributed by atoms with Gasteiger partial charge in [0.1, 0.15) is 7.85 Å². The molecule has 0 aliphatic carbocycles. The molecule has 0 fully saturated rings. The minimum Gasteiger partial charge on any atom is -0.387 e. The van der Waals surface area contributed by atoms with Gasteiger partial charge in [0.25, 0.3) is 0 Å². The molecule has 0 atom stereocenters. The summed E-state index contributed by atoms with van der Waals surface area (Å²) in [6.07, 6.45) is 0. The molecule has 0 unspecified atom stereocenters. The average Bonchev–Trinajstić information content (AvgIpc) is 1.41. The standard InChI is InChI=1S/C48H32N2.C36H24N2.C24H16BN.C12H8BrN.C12H9Br.C6H14O2/c1-3-11-33(12-4-1)35-19-25-39(26-20-35)49-46-18-10-8-16-42(46)44-31-37(24-30-47(44)49)38-23-29-43-41-15-7-9-17-45(41)50(48(43)32-38)40-27-21-36(22-28-40)34-13-5-2-6-14-34;1-2-8-24(9-3-1)25-14-18-28(19-15-25)38-35-13-7-5-11-31(35)32-22-26(17-21-36(32)38)27-16-20-30-29-10-4-6-12-33(29)37-34(30)23-27;25-19-12-15-24-22(16-19)21-8-4-5-9-23(21)26(24)20-13-10-18(11-14-20)17-6-2-1-3-7-17;13-8-5-6-10-9-3-1-2-4-11(9)14-12(10)7-8;13-12-8-6-11(7-9-12)10-4-2-1-3-5-10;1-5(2,7)6(3,4)8/h1-32H;1-23,37H;1-16H;1-7,14H;1-9H;7-8H,1-4H3. The second-order valence-corrected chi connectivity index (χ2v) is 40.6. The summed E-state index contributed by atoms with van der Waals surface area (Å²) in [6.45, 7) is 6.31. The molecule has 6 aromatic heterocycles. The predicted molar refractivity (Wildman–Crippen MR) is 640 cm³/mol. The second kappa shape index (κ2) is 41.2. The summed E-state index contributed by atoms with van der Waals surface area (Å²) >= 11 is 6.89. The highest BCUT2D eigenvalue weighted by Crippen LogP contribution is 2.44. The van der Waals surface area contributed by atoms with Crippen LogP contribution in [0.2, 0.25) is 0 Å². The molecule has 11 heteroatoms. The first-order valence-electron chi connectivity index (χ1n) is 50.3. The number of hydrogen-bond donors (Lipinski definition) is 4. The first-order chi connectivity index (χ1) is 72.9. The molecule has 149 heavy (non-hydrogen) atoms. The quantitative estimate of drug-likeness (QED) is 0.0918. The largest absolute Gasteiger partial charge is 0.387 e. The zero-order valence-electron chi connectivity index (χ0n) is 82.7. The molecule has 22 aromatic carbocycles. The topological polar surface area (TPSA) is 91.8 Å². The van der Waals surface area contributed by atoms with Crippen LogP contribution in [-0.2, 0) is 0 Å². The SMILES string of the molecule is Brc1ccc(-c2ccccc2)cc1.Brc1ccc2c(c1)[nH]c1ccccc12.CC(C)(O)C(C)(C)O.[B]c1ccc2c(c1)c1ccccc1n2-c1ccc(-c2ccccc2)cc1.c1ccc(-c2ccc(-n3c4ccccc4c4cc(-c5ccc6c(c5)[nH]c5ccccc56)ccc43)cc2)cc1.c1ccc(-c2ccc(-n3c4ccccc4c4cc(-c5ccc6c7ccccc7n(-c7ccc(-c8ccccc8)cc7)c6c5)ccc43)cc2)cc1. The van der Waals surface area contributed by atoms with E-state index in [1.165, 1.54) is 214 Å². The fourth-order valence-corrected chi connectivity index (χ4v) is 21.1. The first kappa shape index (κ1) is 95.1. The third-order valence-corrected chi connectivity index (χ3v) is 29.8. The smallest absolute Gasteiger partial charge is 0.113 e. The van der Waals surface area contributed by atoms with Gasteiger partial charge >= 0.3 is 0 Å². The highest BCUT2D eigenvalue weighted by molar-refractivity contribution is 9.10. The van der Waals surface area contributed by atoms with Gasteiger partial charge in [0.2, 0.25) is 0 Å². The summed E-state index contributed by atoms with van der Waals surface area (Å²) in [5.74, 6) is 0. The summed E-state index contributed by atoms with van der Waals surface area (Å²) < 4.78 is 11.7. The van der Waals surface area contributed by atoms with Crippen molar-refractivity contribution in [2.75, 3.05) is 0 Å². The Morgan fingerprint density at radius 3 is 0.752 bits per heavy atom. The molecular weight excluding hydrogens is 1940 g/mol. The van der Waals surface area contributed by atoms with Crippen LogP contribution in [0, 0.1) is 0 Å². The van der Waals surface area contributed by atoms with Crippen LogP contribution in [0.4, 0.5) is 0 Å². The average molecular weight is 2050 g/mol. The van der Waals surface area contributed by atoms with Crippen LogP contribution in [0.25, 0.3) is 231 Å². The normalized spacial score (nSPS) is 11.5. The molecule has 0 saturated heterocycles. The lowest BCUT2D eigenvalue weighted by molar-refractivity contribution is -0.107. The number of rotatable bonds is 12. The van der Waals surface area contributed by atoms with E-state index in [0.29, 0.717) is 0 Å². The molecule has 0 saturated carbocycles. The molecule has 28 aromatic rings. The Kier molecular flexibility index (Phi) is 26.3. The van der Waals surface area contributed by atoms with Crippen LogP contribution in [0.1, 0.15) is 27.7 Å². The summed E-state index contributed by atoms with van der Waals surface area (Å²) in [5, 5.41) is 33.3. The van der Waals surface area contributed by atoms with Crippen molar-refractivity contribution in [1.82, 2.24) is 28.2 Å².